The molecule has 21 nitrogen and oxygen atoms in total. The Labute approximate surface area is 303 Å². The molecule has 6 rings (SSSR count). The predicted molar refractivity (Wildman–Crippen MR) is 173 cm³/mol. The molecule has 3 aliphatic rings. The lowest BCUT2D eigenvalue weighted by Crippen LogP contribution is -2.62. The molecule has 0 spiro atoms. The average Bonchev–Trinajstić information content (AvgIpc) is 3.15. The Kier molecular flexibility index (Phi) is 11.9. The molecule has 1 aromatic heterocycles. The molecule has 0 saturated carbocycles. The topological polar surface area (TPSA) is 349 Å². The number of hydrogen-bond donors (Lipinski definition) is 13. The first-order chi connectivity index (χ1) is 25.6. The van der Waals surface area contributed by atoms with Gasteiger partial charge in [-0.2, -0.15) is 0 Å². The summed E-state index contributed by atoms with van der Waals surface area (Å²) in [6.45, 7) is -2.19. The maximum atomic E-state index is 13.9. The average molecular weight is 773 g/mol. The van der Waals surface area contributed by atoms with Gasteiger partial charge in [-0.05, 0) is 24.3 Å². The van der Waals surface area contributed by atoms with E-state index in [0.29, 0.717) is 0 Å². The number of aliphatic hydroxyl groups is 11. The molecule has 21 heteroatoms. The highest BCUT2D eigenvalue weighted by Gasteiger charge is 2.48. The van der Waals surface area contributed by atoms with E-state index in [0.717, 1.165) is 12.1 Å². The summed E-state index contributed by atoms with van der Waals surface area (Å²) in [5, 5.41) is 133. The van der Waals surface area contributed by atoms with Gasteiger partial charge in [0.05, 0.1) is 19.8 Å². The second-order valence-electron chi connectivity index (χ2n) is 12.9. The van der Waals surface area contributed by atoms with Gasteiger partial charge >= 0.3 is 0 Å². The quantitative estimate of drug-likeness (QED) is 0.0918. The molecule has 4 heterocycles. The SMILES string of the molecule is O=c1c(O[C@@H]2OC(CO)[C@@H](O)C(O)C2O)c(-c2ccc(O)cc2)oc2cc(O[C@@H]3OC(CO[C@@H]4OC(CO)[C@@H](O)C(O)[C@H]4O)[C@@H](O)[C@H](O)C3O)cc(O)c12. The van der Waals surface area contributed by atoms with Gasteiger partial charge in [-0.1, -0.05) is 0 Å². The van der Waals surface area contributed by atoms with Crippen LogP contribution in [0.5, 0.6) is 23.0 Å². The van der Waals surface area contributed by atoms with E-state index in [9.17, 15) is 71.2 Å². The maximum Gasteiger partial charge on any atom is 0.239 e. The lowest BCUT2D eigenvalue weighted by atomic mass is 9.98. The van der Waals surface area contributed by atoms with Gasteiger partial charge in [0.1, 0.15) is 101 Å². The number of phenols is 2. The molecular weight excluding hydrogens is 732 g/mol. The van der Waals surface area contributed by atoms with Crippen LogP contribution in [0, 0.1) is 0 Å². The summed E-state index contributed by atoms with van der Waals surface area (Å²) in [5.41, 5.74) is -1.28. The third-order valence-electron chi connectivity index (χ3n) is 9.31. The second-order valence-corrected chi connectivity index (χ2v) is 12.9. The van der Waals surface area contributed by atoms with E-state index in [1.165, 1.54) is 24.3 Å². The number of aliphatic hydroxyl groups excluding tert-OH is 11. The largest absolute Gasteiger partial charge is 0.508 e. The molecule has 0 bridgehead atoms. The van der Waals surface area contributed by atoms with Crippen molar-refractivity contribution in [3.05, 3.63) is 46.6 Å². The molecule has 54 heavy (non-hydrogen) atoms. The van der Waals surface area contributed by atoms with Crippen LogP contribution in [0.4, 0.5) is 0 Å². The molecule has 3 aromatic rings. The number of rotatable bonds is 10. The van der Waals surface area contributed by atoms with Gasteiger partial charge in [0.15, 0.2) is 12.1 Å². The van der Waals surface area contributed by atoms with Gasteiger partial charge in [-0.15, -0.1) is 0 Å². The van der Waals surface area contributed by atoms with Gasteiger partial charge in [0, 0.05) is 17.7 Å². The minimum absolute atomic E-state index is 0.114. The van der Waals surface area contributed by atoms with Crippen LogP contribution in [-0.2, 0) is 18.9 Å². The third kappa shape index (κ3) is 7.58. The Balaban J connectivity index is 1.29. The van der Waals surface area contributed by atoms with Crippen LogP contribution in [-0.4, -0.2) is 178 Å². The Morgan fingerprint density at radius 1 is 0.593 bits per heavy atom. The summed E-state index contributed by atoms with van der Waals surface area (Å²) in [6.07, 6.45) is -25.9. The van der Waals surface area contributed by atoms with E-state index in [1.807, 2.05) is 0 Å². The third-order valence-corrected chi connectivity index (χ3v) is 9.31. The fraction of sp³-hybridized carbons (Fsp3) is 0.545. The molecule has 3 fully saturated rings. The molecule has 0 radical (unpaired) electrons. The van der Waals surface area contributed by atoms with Gasteiger partial charge in [0.2, 0.25) is 23.8 Å². The normalized spacial score (nSPS) is 37.3. The Morgan fingerprint density at radius 2 is 1.09 bits per heavy atom. The van der Waals surface area contributed by atoms with Crippen LogP contribution in [0.25, 0.3) is 22.3 Å². The molecule has 3 saturated heterocycles. The van der Waals surface area contributed by atoms with Crippen LogP contribution >= 0.6 is 0 Å². The van der Waals surface area contributed by atoms with Crippen LogP contribution in [0.15, 0.2) is 45.6 Å². The Morgan fingerprint density at radius 3 is 1.67 bits per heavy atom. The van der Waals surface area contributed by atoms with Gasteiger partial charge in [0.25, 0.3) is 0 Å². The number of fused-ring (bicyclic) bond motifs is 1. The standard InChI is InChI=1S/C33H40O21/c34-7-15-19(38)23(42)26(45)31(51-15)48-9-17-21(40)25(44)27(46)32(53-17)49-12-5-13(37)18-14(6-12)50-29(10-1-3-11(36)4-2-10)30(22(18)41)54-33-28(47)24(43)20(39)16(8-35)52-33/h1-6,15-17,19-21,23-28,31-40,42-47H,7-9H2/t15?,16?,17?,19-,20-,21-,23?,24?,25+,26-,27?,28?,31-,32-,33+/m1/s1. The van der Waals surface area contributed by atoms with Crippen molar-refractivity contribution in [2.75, 3.05) is 19.8 Å². The summed E-state index contributed by atoms with van der Waals surface area (Å²) in [4.78, 5) is 13.9. The van der Waals surface area contributed by atoms with Crippen molar-refractivity contribution in [2.24, 2.45) is 0 Å². The first-order valence-corrected chi connectivity index (χ1v) is 16.5. The summed E-state index contributed by atoms with van der Waals surface area (Å²) >= 11 is 0. The molecule has 298 valence electrons. The smallest absolute Gasteiger partial charge is 0.239 e. The molecular formula is C33H40O21. The molecule has 3 aliphatic heterocycles. The zero-order valence-corrected chi connectivity index (χ0v) is 27.8. The van der Waals surface area contributed by atoms with Crippen LogP contribution in [0.3, 0.4) is 0 Å². The molecule has 0 amide bonds. The summed E-state index contributed by atoms with van der Waals surface area (Å²) in [5.74, 6) is -2.27. The first kappa shape index (κ1) is 39.9. The van der Waals surface area contributed by atoms with Crippen molar-refractivity contribution in [2.45, 2.75) is 92.1 Å². The van der Waals surface area contributed by atoms with Crippen molar-refractivity contribution in [3.63, 3.8) is 0 Å². The zero-order valence-electron chi connectivity index (χ0n) is 27.8. The highest BCUT2D eigenvalue weighted by molar-refractivity contribution is 5.88. The van der Waals surface area contributed by atoms with E-state index in [1.54, 1.807) is 0 Å². The number of phenolic OH excluding ortho intramolecular Hbond substituents is 2. The molecule has 0 aliphatic carbocycles. The lowest BCUT2D eigenvalue weighted by molar-refractivity contribution is -0.323. The van der Waals surface area contributed by atoms with E-state index >= 15 is 0 Å². The van der Waals surface area contributed by atoms with E-state index in [-0.39, 0.29) is 28.4 Å². The van der Waals surface area contributed by atoms with Gasteiger partial charge in [-0.3, -0.25) is 4.79 Å². The highest BCUT2D eigenvalue weighted by atomic mass is 16.7. The molecule has 7 unspecified atom stereocenters. The maximum absolute atomic E-state index is 13.9. The first-order valence-electron chi connectivity index (χ1n) is 16.5. The van der Waals surface area contributed by atoms with Crippen molar-refractivity contribution < 1.29 is 99.2 Å². The second kappa shape index (κ2) is 16.2. The monoisotopic (exact) mass is 772 g/mol. The fourth-order valence-corrected chi connectivity index (χ4v) is 6.20. The summed E-state index contributed by atoms with van der Waals surface area (Å²) in [6, 6.07) is 7.13. The minimum Gasteiger partial charge on any atom is -0.508 e. The fourth-order valence-electron chi connectivity index (χ4n) is 6.20. The molecule has 15 atom stereocenters. The van der Waals surface area contributed by atoms with Crippen molar-refractivity contribution in [1.29, 1.82) is 0 Å². The van der Waals surface area contributed by atoms with Gasteiger partial charge in [-0.25, -0.2) is 0 Å². The summed E-state index contributed by atoms with van der Waals surface area (Å²) in [7, 11) is 0. The number of aromatic hydroxyl groups is 2. The van der Waals surface area contributed by atoms with Crippen molar-refractivity contribution in [3.8, 4) is 34.3 Å². The number of ether oxygens (including phenoxy) is 6. The van der Waals surface area contributed by atoms with Crippen molar-refractivity contribution in [1.82, 2.24) is 0 Å². The van der Waals surface area contributed by atoms with Crippen LogP contribution in [0.1, 0.15) is 0 Å². The Hall–Kier alpha value is -3.75. The highest BCUT2D eigenvalue weighted by Crippen LogP contribution is 2.38. The van der Waals surface area contributed by atoms with Gasteiger partial charge < -0.3 is 99.2 Å². The lowest BCUT2D eigenvalue weighted by Gasteiger charge is -2.42. The number of hydrogen-bond acceptors (Lipinski definition) is 21. The Bertz CT molecular complexity index is 1800. The van der Waals surface area contributed by atoms with E-state index < -0.39 is 134 Å². The summed E-state index contributed by atoms with van der Waals surface area (Å²) < 4.78 is 39.0. The predicted octanol–water partition coefficient (Wildman–Crippen LogP) is -4.95. The van der Waals surface area contributed by atoms with Crippen LogP contribution < -0.4 is 14.9 Å². The molecule has 13 N–H and O–H groups in total. The van der Waals surface area contributed by atoms with Crippen LogP contribution in [0.2, 0.25) is 0 Å². The molecule has 2 aromatic carbocycles. The van der Waals surface area contributed by atoms with E-state index in [2.05, 4.69) is 0 Å². The van der Waals surface area contributed by atoms with E-state index in [4.69, 9.17) is 32.8 Å². The van der Waals surface area contributed by atoms with Crippen molar-refractivity contribution >= 4 is 11.0 Å². The minimum atomic E-state index is -1.93. The zero-order chi connectivity index (χ0) is 39.2. The number of benzene rings is 2.